The van der Waals surface area contributed by atoms with Gasteiger partial charge in [0.15, 0.2) is 0 Å². The number of hydrogen-bond acceptors (Lipinski definition) is 3. The van der Waals surface area contributed by atoms with Crippen LogP contribution in [-0.4, -0.2) is 15.5 Å². The molecule has 0 aliphatic rings. The molecule has 0 atom stereocenters. The van der Waals surface area contributed by atoms with Gasteiger partial charge in [-0.05, 0) is 30.3 Å². The van der Waals surface area contributed by atoms with Gasteiger partial charge >= 0.3 is 6.18 Å². The molecule has 0 spiro atoms. The zero-order chi connectivity index (χ0) is 19.8. The van der Waals surface area contributed by atoms with E-state index in [1.807, 2.05) is 0 Å². The number of carbonyl (C=O) groups excluding carboxylic acids is 1. The summed E-state index contributed by atoms with van der Waals surface area (Å²) in [5.74, 6) is -1.43. The summed E-state index contributed by atoms with van der Waals surface area (Å²) in [6.45, 7) is -0.710. The summed E-state index contributed by atoms with van der Waals surface area (Å²) in [6.07, 6.45) is -4.97. The number of amides is 1. The van der Waals surface area contributed by atoms with Crippen molar-refractivity contribution in [2.45, 2.75) is 12.7 Å². The molecule has 1 N–H and O–H groups in total. The van der Waals surface area contributed by atoms with Gasteiger partial charge in [-0.1, -0.05) is 23.7 Å². The Balaban J connectivity index is 2.02. The van der Waals surface area contributed by atoms with E-state index in [4.69, 9.17) is 11.6 Å². The summed E-state index contributed by atoms with van der Waals surface area (Å²) in [5.41, 5.74) is -3.02. The fourth-order valence-electron chi connectivity index (χ4n) is 2.46. The average molecular weight is 400 g/mol. The van der Waals surface area contributed by atoms with Crippen LogP contribution in [0.15, 0.2) is 47.3 Å². The van der Waals surface area contributed by atoms with Crippen molar-refractivity contribution in [1.82, 2.24) is 9.55 Å². The van der Waals surface area contributed by atoms with Crippen LogP contribution >= 0.6 is 11.6 Å². The van der Waals surface area contributed by atoms with Crippen molar-refractivity contribution in [1.29, 1.82) is 0 Å². The first-order chi connectivity index (χ1) is 12.7. The lowest BCUT2D eigenvalue weighted by Gasteiger charge is -2.14. The molecule has 1 aromatic heterocycles. The molecule has 0 unspecified atom stereocenters. The normalized spacial score (nSPS) is 11.6. The lowest BCUT2D eigenvalue weighted by atomic mass is 10.2. The molecule has 27 heavy (non-hydrogen) atoms. The number of aromatic nitrogens is 2. The van der Waals surface area contributed by atoms with E-state index in [1.54, 1.807) is 0 Å². The Kier molecular flexibility index (Phi) is 4.88. The molecule has 0 bridgehead atoms. The quantitative estimate of drug-likeness (QED) is 0.680. The molecule has 3 aromatic rings. The van der Waals surface area contributed by atoms with Crippen molar-refractivity contribution in [3.05, 3.63) is 69.4 Å². The minimum Gasteiger partial charge on any atom is -0.323 e. The zero-order valence-corrected chi connectivity index (χ0v) is 14.1. The van der Waals surface area contributed by atoms with E-state index in [0.29, 0.717) is 4.57 Å². The molecule has 140 valence electrons. The smallest absolute Gasteiger partial charge is 0.323 e. The van der Waals surface area contributed by atoms with Gasteiger partial charge in [0.05, 0.1) is 21.7 Å². The highest BCUT2D eigenvalue weighted by atomic mass is 35.5. The highest BCUT2D eigenvalue weighted by Crippen LogP contribution is 2.26. The van der Waals surface area contributed by atoms with E-state index in [-0.39, 0.29) is 21.7 Å². The topological polar surface area (TPSA) is 64.0 Å². The lowest BCUT2D eigenvalue weighted by molar-refractivity contribution is -0.142. The second-order valence-electron chi connectivity index (χ2n) is 5.51. The van der Waals surface area contributed by atoms with Crippen LogP contribution in [-0.2, 0) is 17.5 Å². The molecular weight excluding hydrogens is 390 g/mol. The number of hydrogen-bond donors (Lipinski definition) is 1. The number of halogens is 5. The van der Waals surface area contributed by atoms with Crippen LogP contribution in [0.4, 0.5) is 23.2 Å². The Morgan fingerprint density at radius 1 is 1.19 bits per heavy atom. The van der Waals surface area contributed by atoms with E-state index >= 15 is 0 Å². The van der Waals surface area contributed by atoms with Gasteiger partial charge in [0, 0.05) is 0 Å². The predicted molar refractivity (Wildman–Crippen MR) is 91.0 cm³/mol. The summed E-state index contributed by atoms with van der Waals surface area (Å²) < 4.78 is 53.0. The number of carbonyl (C=O) groups is 1. The first-order valence-electron chi connectivity index (χ1n) is 7.48. The molecule has 0 saturated heterocycles. The minimum absolute atomic E-state index is 0.0607. The number of fused-ring (bicyclic) bond motifs is 1. The van der Waals surface area contributed by atoms with Gasteiger partial charge in [0.1, 0.15) is 12.4 Å². The van der Waals surface area contributed by atoms with Crippen LogP contribution < -0.4 is 10.9 Å². The molecule has 0 aliphatic heterocycles. The molecule has 10 heteroatoms. The third-order valence-electron chi connectivity index (χ3n) is 3.63. The fraction of sp³-hybridized carbons (Fsp3) is 0.118. The average Bonchev–Trinajstić information content (AvgIpc) is 2.58. The largest absolute Gasteiger partial charge is 0.438 e. The summed E-state index contributed by atoms with van der Waals surface area (Å²) in [6, 6.07) is 8.86. The van der Waals surface area contributed by atoms with Crippen LogP contribution in [0.25, 0.3) is 11.0 Å². The van der Waals surface area contributed by atoms with Crippen molar-refractivity contribution < 1.29 is 22.4 Å². The van der Waals surface area contributed by atoms with E-state index in [1.165, 1.54) is 30.3 Å². The molecule has 5 nitrogen and oxygen atoms in total. The van der Waals surface area contributed by atoms with Gasteiger partial charge in [-0.3, -0.25) is 14.2 Å². The maximum Gasteiger partial charge on any atom is 0.438 e. The number of anilines is 1. The van der Waals surface area contributed by atoms with Gasteiger partial charge < -0.3 is 5.32 Å². The maximum atomic E-state index is 13.1. The minimum atomic E-state index is -4.97. The number of rotatable bonds is 3. The second-order valence-corrected chi connectivity index (χ2v) is 5.92. The van der Waals surface area contributed by atoms with Gasteiger partial charge in [-0.2, -0.15) is 13.2 Å². The van der Waals surface area contributed by atoms with E-state index in [2.05, 4.69) is 10.3 Å². The summed E-state index contributed by atoms with van der Waals surface area (Å²) >= 11 is 5.81. The maximum absolute atomic E-state index is 13.1. The number of nitrogens with zero attached hydrogens (tertiary/aromatic N) is 2. The molecular formula is C17H10ClF4N3O2. The molecule has 2 aromatic carbocycles. The Morgan fingerprint density at radius 2 is 1.89 bits per heavy atom. The van der Waals surface area contributed by atoms with Gasteiger partial charge in [0.25, 0.3) is 5.56 Å². The highest BCUT2D eigenvalue weighted by molar-refractivity contribution is 6.33. The van der Waals surface area contributed by atoms with Crippen molar-refractivity contribution >= 4 is 34.2 Å². The Morgan fingerprint density at radius 3 is 2.56 bits per heavy atom. The van der Waals surface area contributed by atoms with Crippen LogP contribution in [0.2, 0.25) is 5.02 Å². The first kappa shape index (κ1) is 18.8. The number of nitrogens with one attached hydrogen (secondary N) is 1. The van der Waals surface area contributed by atoms with E-state index in [0.717, 1.165) is 12.1 Å². The van der Waals surface area contributed by atoms with Gasteiger partial charge in [-0.15, -0.1) is 0 Å². The fourth-order valence-corrected chi connectivity index (χ4v) is 2.67. The predicted octanol–water partition coefficient (Wildman–Crippen LogP) is 3.85. The summed E-state index contributed by atoms with van der Waals surface area (Å²) in [4.78, 5) is 27.9. The molecule has 0 radical (unpaired) electrons. The van der Waals surface area contributed by atoms with Crippen molar-refractivity contribution in [2.24, 2.45) is 0 Å². The Bertz CT molecular complexity index is 1100. The van der Waals surface area contributed by atoms with Gasteiger partial charge in [-0.25, -0.2) is 9.37 Å². The number of alkyl halides is 3. The molecule has 0 fully saturated rings. The third kappa shape index (κ3) is 3.92. The molecule has 0 saturated carbocycles. The van der Waals surface area contributed by atoms with Crippen LogP contribution in [0.3, 0.4) is 0 Å². The van der Waals surface area contributed by atoms with Crippen molar-refractivity contribution in [3.8, 4) is 0 Å². The van der Waals surface area contributed by atoms with E-state index < -0.39 is 35.7 Å². The van der Waals surface area contributed by atoms with E-state index in [9.17, 15) is 27.2 Å². The molecule has 1 amide bonds. The SMILES string of the molecule is O=C(Cn1c(=O)c(C(F)(F)F)nc2ccccc21)Nc1ccc(F)cc1Cl. The van der Waals surface area contributed by atoms with Gasteiger partial charge in [0.2, 0.25) is 11.6 Å². The number of benzene rings is 2. The third-order valence-corrected chi connectivity index (χ3v) is 3.94. The van der Waals surface area contributed by atoms with Crippen molar-refractivity contribution in [3.63, 3.8) is 0 Å². The monoisotopic (exact) mass is 399 g/mol. The second kappa shape index (κ2) is 6.99. The zero-order valence-electron chi connectivity index (χ0n) is 13.3. The van der Waals surface area contributed by atoms with Crippen LogP contribution in [0, 0.1) is 5.82 Å². The lowest BCUT2D eigenvalue weighted by Crippen LogP contribution is -2.34. The standard InChI is InChI=1S/C17H10ClF4N3O2/c18-10-7-9(19)5-6-11(10)23-14(26)8-25-13-4-2-1-3-12(13)24-15(16(25)27)17(20,21)22/h1-7H,8H2,(H,23,26). The first-order valence-corrected chi connectivity index (χ1v) is 7.86. The Labute approximate surface area is 154 Å². The number of para-hydroxylation sites is 2. The van der Waals surface area contributed by atoms with Crippen LogP contribution in [0.5, 0.6) is 0 Å². The Hall–Kier alpha value is -2.94. The summed E-state index contributed by atoms with van der Waals surface area (Å²) in [5, 5.41) is 2.25. The molecule has 3 rings (SSSR count). The van der Waals surface area contributed by atoms with Crippen LogP contribution in [0.1, 0.15) is 5.69 Å². The highest BCUT2D eigenvalue weighted by Gasteiger charge is 2.37. The van der Waals surface area contributed by atoms with Crippen molar-refractivity contribution in [2.75, 3.05) is 5.32 Å². The molecule has 0 aliphatic carbocycles. The summed E-state index contributed by atoms with van der Waals surface area (Å²) in [7, 11) is 0. The molecule has 1 heterocycles.